The van der Waals surface area contributed by atoms with E-state index in [9.17, 15) is 0 Å². The molecule has 1 aromatic heterocycles. The zero-order valence-corrected chi connectivity index (χ0v) is 14.2. The molecule has 0 aromatic carbocycles. The fraction of sp³-hybridized carbons (Fsp3) is 0.812. The summed E-state index contributed by atoms with van der Waals surface area (Å²) in [7, 11) is 2.17. The predicted octanol–water partition coefficient (Wildman–Crippen LogP) is 4.14. The molecule has 1 aliphatic rings. The van der Waals surface area contributed by atoms with E-state index in [4.69, 9.17) is 4.98 Å². The lowest BCUT2D eigenvalue weighted by atomic mass is 10.0. The lowest BCUT2D eigenvalue weighted by Gasteiger charge is -2.14. The van der Waals surface area contributed by atoms with E-state index >= 15 is 0 Å². The van der Waals surface area contributed by atoms with Gasteiger partial charge < -0.3 is 10.2 Å². The van der Waals surface area contributed by atoms with Crippen LogP contribution in [0, 0.1) is 0 Å². The van der Waals surface area contributed by atoms with Crippen molar-refractivity contribution < 1.29 is 0 Å². The van der Waals surface area contributed by atoms with Crippen LogP contribution < -0.4 is 10.2 Å². The van der Waals surface area contributed by atoms with Crippen molar-refractivity contribution in [3.8, 4) is 0 Å². The van der Waals surface area contributed by atoms with E-state index in [1.54, 1.807) is 0 Å². The number of thiazole rings is 1. The van der Waals surface area contributed by atoms with Crippen LogP contribution in [-0.4, -0.2) is 24.6 Å². The molecule has 0 aliphatic heterocycles. The molecule has 1 aromatic rings. The number of rotatable bonds is 9. The summed E-state index contributed by atoms with van der Waals surface area (Å²) in [6.45, 7) is 8.91. The van der Waals surface area contributed by atoms with Crippen LogP contribution in [0.5, 0.6) is 0 Å². The molecule has 1 atom stereocenters. The summed E-state index contributed by atoms with van der Waals surface area (Å²) in [5.41, 5.74) is 1.32. The number of hydrogen-bond donors (Lipinski definition) is 1. The van der Waals surface area contributed by atoms with E-state index in [0.29, 0.717) is 5.92 Å². The quantitative estimate of drug-likeness (QED) is 0.742. The zero-order chi connectivity index (χ0) is 14.5. The molecule has 1 heterocycles. The average Bonchev–Trinajstić information content (AvgIpc) is 3.19. The molecule has 0 amide bonds. The van der Waals surface area contributed by atoms with Gasteiger partial charge in [-0.1, -0.05) is 27.2 Å². The van der Waals surface area contributed by atoms with Crippen molar-refractivity contribution in [3.63, 3.8) is 0 Å². The molecule has 1 aliphatic carbocycles. The van der Waals surface area contributed by atoms with Crippen LogP contribution in [0.25, 0.3) is 0 Å². The number of nitrogens with zero attached hydrogens (tertiary/aromatic N) is 2. The maximum atomic E-state index is 4.94. The summed E-state index contributed by atoms with van der Waals surface area (Å²) >= 11 is 1.88. The zero-order valence-electron chi connectivity index (χ0n) is 13.4. The first kappa shape index (κ1) is 15.8. The third kappa shape index (κ3) is 4.19. The molecule has 4 heteroatoms. The molecule has 1 N–H and O–H groups in total. The Morgan fingerprint density at radius 1 is 1.40 bits per heavy atom. The summed E-state index contributed by atoms with van der Waals surface area (Å²) in [4.78, 5) is 8.71. The first-order chi connectivity index (χ1) is 9.65. The first-order valence-corrected chi connectivity index (χ1v) is 8.91. The Morgan fingerprint density at radius 2 is 2.15 bits per heavy atom. The van der Waals surface area contributed by atoms with Crippen molar-refractivity contribution in [2.24, 2.45) is 0 Å². The van der Waals surface area contributed by atoms with Crippen LogP contribution in [0.15, 0.2) is 0 Å². The molecule has 1 saturated carbocycles. The van der Waals surface area contributed by atoms with Crippen LogP contribution in [-0.2, 0) is 6.54 Å². The van der Waals surface area contributed by atoms with Crippen molar-refractivity contribution >= 4 is 16.5 Å². The van der Waals surface area contributed by atoms with Gasteiger partial charge >= 0.3 is 0 Å². The lowest BCUT2D eigenvalue weighted by Crippen LogP contribution is -2.18. The minimum Gasteiger partial charge on any atom is -0.351 e. The molecule has 3 nitrogen and oxygen atoms in total. The summed E-state index contributed by atoms with van der Waals surface area (Å²) in [5.74, 6) is 0.565. The van der Waals surface area contributed by atoms with Crippen LogP contribution in [0.4, 0.5) is 5.13 Å². The smallest absolute Gasteiger partial charge is 0.185 e. The lowest BCUT2D eigenvalue weighted by molar-refractivity contribution is 0.660. The SMILES string of the molecule is CCCCN(C)c1nc(C(C)CC)c(CNC2CC2)s1. The van der Waals surface area contributed by atoms with Crippen molar-refractivity contribution in [1.82, 2.24) is 10.3 Å². The predicted molar refractivity (Wildman–Crippen MR) is 88.9 cm³/mol. The Hall–Kier alpha value is -0.610. The molecular formula is C16H29N3S. The summed E-state index contributed by atoms with van der Waals surface area (Å²) in [5, 5.41) is 4.84. The van der Waals surface area contributed by atoms with Gasteiger partial charge in [-0.2, -0.15) is 0 Å². The highest BCUT2D eigenvalue weighted by atomic mass is 32.1. The van der Waals surface area contributed by atoms with E-state index in [-0.39, 0.29) is 0 Å². The van der Waals surface area contributed by atoms with Crippen LogP contribution in [0.3, 0.4) is 0 Å². The average molecular weight is 295 g/mol. The van der Waals surface area contributed by atoms with Gasteiger partial charge in [0.15, 0.2) is 5.13 Å². The largest absolute Gasteiger partial charge is 0.351 e. The molecule has 0 radical (unpaired) electrons. The summed E-state index contributed by atoms with van der Waals surface area (Å²) in [6, 6.07) is 0.767. The third-order valence-corrected chi connectivity index (χ3v) is 5.28. The second-order valence-corrected chi connectivity index (χ2v) is 7.11. The minimum atomic E-state index is 0.565. The van der Waals surface area contributed by atoms with Crippen LogP contribution in [0.2, 0.25) is 0 Å². The molecule has 1 unspecified atom stereocenters. The Bertz CT molecular complexity index is 412. The number of hydrogen-bond acceptors (Lipinski definition) is 4. The third-order valence-electron chi connectivity index (χ3n) is 4.10. The van der Waals surface area contributed by atoms with Crippen molar-refractivity contribution in [1.29, 1.82) is 0 Å². The molecule has 114 valence electrons. The highest BCUT2D eigenvalue weighted by molar-refractivity contribution is 7.15. The van der Waals surface area contributed by atoms with Gasteiger partial charge in [0.25, 0.3) is 0 Å². The van der Waals surface area contributed by atoms with Crippen LogP contribution in [0.1, 0.15) is 69.4 Å². The molecule has 0 spiro atoms. The topological polar surface area (TPSA) is 28.2 Å². The fourth-order valence-electron chi connectivity index (χ4n) is 2.23. The monoisotopic (exact) mass is 295 g/mol. The number of aromatic nitrogens is 1. The molecular weight excluding hydrogens is 266 g/mol. The van der Waals surface area contributed by atoms with E-state index in [0.717, 1.165) is 25.6 Å². The standard InChI is InChI=1S/C16H29N3S/c1-5-7-10-19(4)16-18-15(12(3)6-2)14(20-16)11-17-13-8-9-13/h12-13,17H,5-11H2,1-4H3. The highest BCUT2D eigenvalue weighted by Gasteiger charge is 2.23. The molecule has 0 saturated heterocycles. The van der Waals surface area contributed by atoms with Crippen molar-refractivity contribution in [2.75, 3.05) is 18.5 Å². The van der Waals surface area contributed by atoms with Gasteiger partial charge in [-0.15, -0.1) is 11.3 Å². The normalized spacial score (nSPS) is 16.4. The van der Waals surface area contributed by atoms with E-state index < -0.39 is 0 Å². The molecule has 2 rings (SSSR count). The molecule has 1 fully saturated rings. The van der Waals surface area contributed by atoms with Gasteiger partial charge in [-0.05, 0) is 31.6 Å². The van der Waals surface area contributed by atoms with Crippen molar-refractivity contribution in [3.05, 3.63) is 10.6 Å². The van der Waals surface area contributed by atoms with Crippen LogP contribution >= 0.6 is 11.3 Å². The van der Waals surface area contributed by atoms with Gasteiger partial charge in [0.05, 0.1) is 5.69 Å². The second-order valence-electron chi connectivity index (χ2n) is 6.04. The summed E-state index contributed by atoms with van der Waals surface area (Å²) in [6.07, 6.45) is 6.34. The van der Waals surface area contributed by atoms with Crippen molar-refractivity contribution in [2.45, 2.75) is 71.4 Å². The first-order valence-electron chi connectivity index (χ1n) is 8.09. The Balaban J connectivity index is 2.07. The highest BCUT2D eigenvalue weighted by Crippen LogP contribution is 2.32. The minimum absolute atomic E-state index is 0.565. The molecule has 20 heavy (non-hydrogen) atoms. The van der Waals surface area contributed by atoms with E-state index in [1.807, 2.05) is 11.3 Å². The Kier molecular flexibility index (Phi) is 5.85. The Morgan fingerprint density at radius 3 is 2.75 bits per heavy atom. The van der Waals surface area contributed by atoms with Gasteiger partial charge in [0.2, 0.25) is 0 Å². The van der Waals surface area contributed by atoms with Gasteiger partial charge in [-0.25, -0.2) is 4.98 Å². The Labute approximate surface area is 127 Å². The van der Waals surface area contributed by atoms with Gasteiger partial charge in [0, 0.05) is 31.1 Å². The van der Waals surface area contributed by atoms with Gasteiger partial charge in [-0.3, -0.25) is 0 Å². The van der Waals surface area contributed by atoms with E-state index in [2.05, 4.69) is 38.0 Å². The number of anilines is 1. The summed E-state index contributed by atoms with van der Waals surface area (Å²) < 4.78 is 0. The van der Waals surface area contributed by atoms with Gasteiger partial charge in [0.1, 0.15) is 0 Å². The second kappa shape index (κ2) is 7.41. The fourth-order valence-corrected chi connectivity index (χ4v) is 3.35. The van der Waals surface area contributed by atoms with E-state index in [1.165, 1.54) is 41.4 Å². The maximum Gasteiger partial charge on any atom is 0.185 e. The number of unbranched alkanes of at least 4 members (excludes halogenated alkanes) is 1. The number of nitrogens with one attached hydrogen (secondary N) is 1. The maximum absolute atomic E-state index is 4.94. The molecule has 0 bridgehead atoms.